The molecule has 0 aliphatic heterocycles. The second-order valence-corrected chi connectivity index (χ2v) is 5.12. The maximum atomic E-state index is 11.3. The van der Waals surface area contributed by atoms with E-state index in [0.717, 1.165) is 0 Å². The van der Waals surface area contributed by atoms with Crippen molar-refractivity contribution in [2.45, 2.75) is 33.4 Å². The normalized spacial score (nSPS) is 13.5. The molecule has 0 bridgehead atoms. The lowest BCUT2D eigenvalue weighted by Gasteiger charge is -2.31. The molecule has 1 aromatic rings. The van der Waals surface area contributed by atoms with Gasteiger partial charge in [0.25, 0.3) is 0 Å². The van der Waals surface area contributed by atoms with Crippen LogP contribution in [0.2, 0.25) is 0 Å². The summed E-state index contributed by atoms with van der Waals surface area (Å²) in [6, 6.07) is 1.88. The minimum absolute atomic E-state index is 0.00825. The van der Waals surface area contributed by atoms with Gasteiger partial charge in [0.2, 0.25) is 5.91 Å². The predicted molar refractivity (Wildman–Crippen MR) is 64.3 cm³/mol. The molecular formula is C11H18ClN3O. The lowest BCUT2D eigenvalue weighted by Crippen LogP contribution is -2.47. The smallest absolute Gasteiger partial charge is 0.235 e. The molecule has 0 radical (unpaired) electrons. The Morgan fingerprint density at radius 3 is 2.69 bits per heavy atom. The van der Waals surface area contributed by atoms with Crippen molar-refractivity contribution in [2.75, 3.05) is 5.88 Å². The zero-order chi connectivity index (χ0) is 12.2. The first-order chi connectivity index (χ1) is 7.43. The van der Waals surface area contributed by atoms with Crippen LogP contribution in [0.15, 0.2) is 18.5 Å². The van der Waals surface area contributed by atoms with Crippen LogP contribution in [-0.4, -0.2) is 27.6 Å². The first kappa shape index (κ1) is 13.0. The Morgan fingerprint density at radius 2 is 2.25 bits per heavy atom. The van der Waals surface area contributed by atoms with Crippen molar-refractivity contribution in [3.05, 3.63) is 18.5 Å². The standard InChI is InChI=1S/C11H18ClN3O/c1-11(2,3)9(14-10(16)7-12)8-15-6-4-5-13-15/h4-6,9H,7-8H2,1-3H3,(H,14,16)/t9-/m1/s1. The molecule has 1 atom stereocenters. The summed E-state index contributed by atoms with van der Waals surface area (Å²) in [6.45, 7) is 6.89. The molecule has 1 aromatic heterocycles. The van der Waals surface area contributed by atoms with Crippen LogP contribution in [0.4, 0.5) is 0 Å². The summed E-state index contributed by atoms with van der Waals surface area (Å²) >= 11 is 5.49. The average Bonchev–Trinajstić information content (AvgIpc) is 2.67. The molecule has 0 aromatic carbocycles. The third kappa shape index (κ3) is 3.85. The highest BCUT2D eigenvalue weighted by atomic mass is 35.5. The molecule has 0 unspecified atom stereocenters. The summed E-state index contributed by atoms with van der Waals surface area (Å²) in [5.74, 6) is -0.153. The fourth-order valence-electron chi connectivity index (χ4n) is 1.36. The third-order valence-corrected chi connectivity index (χ3v) is 2.67. The molecule has 0 aliphatic carbocycles. The van der Waals surface area contributed by atoms with Crippen LogP contribution in [-0.2, 0) is 11.3 Å². The zero-order valence-corrected chi connectivity index (χ0v) is 10.7. The van der Waals surface area contributed by atoms with Crippen LogP contribution in [0.25, 0.3) is 0 Å². The zero-order valence-electron chi connectivity index (χ0n) is 9.90. The average molecular weight is 244 g/mol. The van der Waals surface area contributed by atoms with Gasteiger partial charge in [0.15, 0.2) is 0 Å². The number of carbonyl (C=O) groups excluding carboxylic acids is 1. The minimum Gasteiger partial charge on any atom is -0.350 e. The number of aromatic nitrogens is 2. The number of amides is 1. The van der Waals surface area contributed by atoms with Gasteiger partial charge >= 0.3 is 0 Å². The van der Waals surface area contributed by atoms with Crippen molar-refractivity contribution in [1.29, 1.82) is 0 Å². The number of halogens is 1. The van der Waals surface area contributed by atoms with Crippen LogP contribution in [0, 0.1) is 5.41 Å². The highest BCUT2D eigenvalue weighted by Gasteiger charge is 2.26. The molecule has 1 amide bonds. The van der Waals surface area contributed by atoms with Gasteiger partial charge in [-0.25, -0.2) is 0 Å². The van der Waals surface area contributed by atoms with E-state index in [0.29, 0.717) is 6.54 Å². The Hall–Kier alpha value is -1.03. The van der Waals surface area contributed by atoms with Gasteiger partial charge in [-0.05, 0) is 11.5 Å². The van der Waals surface area contributed by atoms with Crippen LogP contribution in [0.1, 0.15) is 20.8 Å². The van der Waals surface area contributed by atoms with E-state index < -0.39 is 0 Å². The first-order valence-electron chi connectivity index (χ1n) is 5.26. The van der Waals surface area contributed by atoms with Crippen molar-refractivity contribution in [3.63, 3.8) is 0 Å². The summed E-state index contributed by atoms with van der Waals surface area (Å²) in [5, 5.41) is 7.05. The fraction of sp³-hybridized carbons (Fsp3) is 0.636. The molecule has 0 fully saturated rings. The molecule has 0 aliphatic rings. The third-order valence-electron chi connectivity index (χ3n) is 2.43. The minimum atomic E-state index is -0.145. The summed E-state index contributed by atoms with van der Waals surface area (Å²) in [7, 11) is 0. The largest absolute Gasteiger partial charge is 0.350 e. The van der Waals surface area contributed by atoms with Gasteiger partial charge < -0.3 is 5.32 Å². The van der Waals surface area contributed by atoms with Gasteiger partial charge in [-0.15, -0.1) is 11.6 Å². The lowest BCUT2D eigenvalue weighted by molar-refractivity contribution is -0.120. The predicted octanol–water partition coefficient (Wildman–Crippen LogP) is 1.65. The van der Waals surface area contributed by atoms with Gasteiger partial charge in [0.1, 0.15) is 5.88 Å². The molecule has 16 heavy (non-hydrogen) atoms. The van der Waals surface area contributed by atoms with E-state index >= 15 is 0 Å². The highest BCUT2D eigenvalue weighted by Crippen LogP contribution is 2.20. The van der Waals surface area contributed by atoms with E-state index in [2.05, 4.69) is 31.2 Å². The second-order valence-electron chi connectivity index (χ2n) is 4.85. The Morgan fingerprint density at radius 1 is 1.56 bits per heavy atom. The molecule has 0 saturated carbocycles. The van der Waals surface area contributed by atoms with Crippen molar-refractivity contribution in [1.82, 2.24) is 15.1 Å². The number of nitrogens with one attached hydrogen (secondary N) is 1. The van der Waals surface area contributed by atoms with Crippen molar-refractivity contribution >= 4 is 17.5 Å². The summed E-state index contributed by atoms with van der Waals surface area (Å²) in [4.78, 5) is 11.3. The molecule has 0 spiro atoms. The van der Waals surface area contributed by atoms with Crippen molar-refractivity contribution in [2.24, 2.45) is 5.41 Å². The Labute approximate surface area is 101 Å². The molecule has 1 rings (SSSR count). The maximum absolute atomic E-state index is 11.3. The van der Waals surface area contributed by atoms with Crippen LogP contribution in [0.3, 0.4) is 0 Å². The van der Waals surface area contributed by atoms with E-state index in [4.69, 9.17) is 11.6 Å². The van der Waals surface area contributed by atoms with Crippen LogP contribution in [0.5, 0.6) is 0 Å². The first-order valence-corrected chi connectivity index (χ1v) is 5.79. The number of hydrogen-bond donors (Lipinski definition) is 1. The fourth-order valence-corrected chi connectivity index (χ4v) is 1.44. The quantitative estimate of drug-likeness (QED) is 0.818. The summed E-state index contributed by atoms with van der Waals surface area (Å²) in [5.41, 5.74) is -0.0341. The van der Waals surface area contributed by atoms with E-state index in [-0.39, 0.29) is 23.2 Å². The molecule has 90 valence electrons. The number of rotatable bonds is 4. The van der Waals surface area contributed by atoms with Gasteiger partial charge in [0, 0.05) is 12.4 Å². The number of nitrogens with zero attached hydrogens (tertiary/aromatic N) is 2. The molecule has 1 heterocycles. The van der Waals surface area contributed by atoms with E-state index in [1.54, 1.807) is 6.20 Å². The van der Waals surface area contributed by atoms with E-state index in [9.17, 15) is 4.79 Å². The monoisotopic (exact) mass is 243 g/mol. The number of carbonyl (C=O) groups is 1. The van der Waals surface area contributed by atoms with E-state index in [1.165, 1.54) is 0 Å². The summed E-state index contributed by atoms with van der Waals surface area (Å²) in [6.07, 6.45) is 3.61. The van der Waals surface area contributed by atoms with Crippen LogP contribution >= 0.6 is 11.6 Å². The lowest BCUT2D eigenvalue weighted by atomic mass is 9.86. The molecule has 1 N–H and O–H groups in total. The second kappa shape index (κ2) is 5.34. The number of alkyl halides is 1. The Balaban J connectivity index is 2.68. The van der Waals surface area contributed by atoms with Gasteiger partial charge in [-0.3, -0.25) is 9.48 Å². The molecular weight excluding hydrogens is 226 g/mol. The number of hydrogen-bond acceptors (Lipinski definition) is 2. The Bertz CT molecular complexity index is 329. The van der Waals surface area contributed by atoms with Gasteiger partial charge in [-0.1, -0.05) is 20.8 Å². The summed E-state index contributed by atoms with van der Waals surface area (Å²) < 4.78 is 1.81. The van der Waals surface area contributed by atoms with Gasteiger partial charge in [-0.2, -0.15) is 5.10 Å². The van der Waals surface area contributed by atoms with Crippen molar-refractivity contribution < 1.29 is 4.79 Å². The highest BCUT2D eigenvalue weighted by molar-refractivity contribution is 6.27. The molecule has 0 saturated heterocycles. The Kier molecular flexibility index (Phi) is 4.35. The maximum Gasteiger partial charge on any atom is 0.235 e. The van der Waals surface area contributed by atoms with Crippen LogP contribution < -0.4 is 5.32 Å². The molecule has 5 heteroatoms. The van der Waals surface area contributed by atoms with Crippen molar-refractivity contribution in [3.8, 4) is 0 Å². The topological polar surface area (TPSA) is 46.9 Å². The SMILES string of the molecule is CC(C)(C)[C@@H](Cn1cccn1)NC(=O)CCl. The van der Waals surface area contributed by atoms with Gasteiger partial charge in [0.05, 0.1) is 12.6 Å². The molecule has 4 nitrogen and oxygen atoms in total. The van der Waals surface area contributed by atoms with E-state index in [1.807, 2.05) is 16.9 Å².